The number of methoxy groups -OCH3 is 1. The summed E-state index contributed by atoms with van der Waals surface area (Å²) >= 11 is 0. The van der Waals surface area contributed by atoms with Crippen LogP contribution in [0, 0.1) is 0 Å². The molecule has 1 aliphatic rings. The molecule has 6 nitrogen and oxygen atoms in total. The van der Waals surface area contributed by atoms with Gasteiger partial charge in [-0.3, -0.25) is 4.79 Å². The highest BCUT2D eigenvalue weighted by Crippen LogP contribution is 2.32. The maximum Gasteiger partial charge on any atom is 0.247 e. The third-order valence-electron chi connectivity index (χ3n) is 3.62. The molecule has 126 valence electrons. The Balaban J connectivity index is 1.67. The van der Waals surface area contributed by atoms with E-state index in [1.165, 1.54) is 6.08 Å². The van der Waals surface area contributed by atoms with Crippen LogP contribution < -0.4 is 9.47 Å². The molecule has 1 aliphatic heterocycles. The van der Waals surface area contributed by atoms with Crippen LogP contribution in [-0.4, -0.2) is 37.9 Å². The van der Waals surface area contributed by atoms with Crippen molar-refractivity contribution < 1.29 is 23.4 Å². The molecular weight excluding hydrogens is 310 g/mol. The number of rotatable bonds is 7. The lowest BCUT2D eigenvalue weighted by Gasteiger charge is -2.19. The molecule has 1 aromatic carbocycles. The van der Waals surface area contributed by atoms with Gasteiger partial charge in [-0.25, -0.2) is 0 Å². The van der Waals surface area contributed by atoms with Crippen molar-refractivity contribution in [1.82, 2.24) is 4.90 Å². The molecule has 24 heavy (non-hydrogen) atoms. The predicted molar refractivity (Wildman–Crippen MR) is 87.6 cm³/mol. The van der Waals surface area contributed by atoms with Crippen molar-refractivity contribution in [2.24, 2.45) is 0 Å². The molecule has 1 aromatic heterocycles. The van der Waals surface area contributed by atoms with Crippen LogP contribution in [-0.2, 0) is 16.1 Å². The molecule has 0 bridgehead atoms. The zero-order valence-electron chi connectivity index (χ0n) is 13.4. The zero-order valence-corrected chi connectivity index (χ0v) is 13.4. The maximum absolute atomic E-state index is 12.5. The van der Waals surface area contributed by atoms with E-state index < -0.39 is 0 Å². The van der Waals surface area contributed by atoms with E-state index in [1.54, 1.807) is 30.4 Å². The first-order valence-electron chi connectivity index (χ1n) is 7.64. The van der Waals surface area contributed by atoms with Gasteiger partial charge in [0.15, 0.2) is 11.5 Å². The Morgan fingerprint density at radius 2 is 2.17 bits per heavy atom. The first-order chi connectivity index (χ1) is 11.8. The largest absolute Gasteiger partial charge is 0.467 e. The van der Waals surface area contributed by atoms with Crippen LogP contribution in [0.1, 0.15) is 11.3 Å². The minimum Gasteiger partial charge on any atom is -0.467 e. The molecule has 0 unspecified atom stereocenters. The van der Waals surface area contributed by atoms with Gasteiger partial charge in [0.2, 0.25) is 12.7 Å². The van der Waals surface area contributed by atoms with Gasteiger partial charge in [0.1, 0.15) is 5.76 Å². The van der Waals surface area contributed by atoms with Crippen molar-refractivity contribution in [3.63, 3.8) is 0 Å². The van der Waals surface area contributed by atoms with E-state index in [1.807, 2.05) is 24.3 Å². The Bertz CT molecular complexity index is 708. The van der Waals surface area contributed by atoms with Crippen molar-refractivity contribution in [1.29, 1.82) is 0 Å². The maximum atomic E-state index is 12.5. The smallest absolute Gasteiger partial charge is 0.247 e. The van der Waals surface area contributed by atoms with Crippen LogP contribution in [0.25, 0.3) is 6.08 Å². The number of hydrogen-bond donors (Lipinski definition) is 0. The Morgan fingerprint density at radius 3 is 2.96 bits per heavy atom. The molecule has 3 rings (SSSR count). The highest BCUT2D eigenvalue weighted by Gasteiger charge is 2.14. The SMILES string of the molecule is COCCN(Cc1ccco1)C(=O)/C=C/c1ccc2c(c1)OCO2. The Labute approximate surface area is 140 Å². The van der Waals surface area contributed by atoms with E-state index in [4.69, 9.17) is 18.6 Å². The van der Waals surface area contributed by atoms with Gasteiger partial charge in [-0.05, 0) is 35.9 Å². The number of fused-ring (bicyclic) bond motifs is 1. The minimum absolute atomic E-state index is 0.110. The van der Waals surface area contributed by atoms with Gasteiger partial charge >= 0.3 is 0 Å². The summed E-state index contributed by atoms with van der Waals surface area (Å²) in [5.74, 6) is 2.03. The number of carbonyl (C=O) groups excluding carboxylic acids is 1. The van der Waals surface area contributed by atoms with Crippen molar-refractivity contribution in [3.8, 4) is 11.5 Å². The van der Waals surface area contributed by atoms with Crippen LogP contribution in [0.2, 0.25) is 0 Å². The van der Waals surface area contributed by atoms with Crippen LogP contribution in [0.4, 0.5) is 0 Å². The van der Waals surface area contributed by atoms with E-state index in [0.717, 1.165) is 17.1 Å². The molecule has 0 atom stereocenters. The van der Waals surface area contributed by atoms with Crippen molar-refractivity contribution in [2.75, 3.05) is 27.1 Å². The summed E-state index contributed by atoms with van der Waals surface area (Å²) < 4.78 is 21.0. The van der Waals surface area contributed by atoms with Gasteiger partial charge in [-0.1, -0.05) is 6.07 Å². The number of furan rings is 1. The Kier molecular flexibility index (Phi) is 5.18. The summed E-state index contributed by atoms with van der Waals surface area (Å²) in [4.78, 5) is 14.1. The van der Waals surface area contributed by atoms with E-state index in [0.29, 0.717) is 25.4 Å². The third kappa shape index (κ3) is 3.97. The molecule has 2 aromatic rings. The molecule has 2 heterocycles. The summed E-state index contributed by atoms with van der Waals surface area (Å²) in [5.41, 5.74) is 0.872. The Morgan fingerprint density at radius 1 is 1.29 bits per heavy atom. The molecule has 0 spiro atoms. The first kappa shape index (κ1) is 16.1. The number of nitrogens with zero attached hydrogens (tertiary/aromatic N) is 1. The second kappa shape index (κ2) is 7.70. The fraction of sp³-hybridized carbons (Fsp3) is 0.278. The van der Waals surface area contributed by atoms with Crippen LogP contribution >= 0.6 is 0 Å². The molecule has 0 aliphatic carbocycles. The molecule has 0 radical (unpaired) electrons. The Hall–Kier alpha value is -2.73. The fourth-order valence-corrected chi connectivity index (χ4v) is 2.35. The lowest BCUT2D eigenvalue weighted by molar-refractivity contribution is -0.127. The number of carbonyl (C=O) groups is 1. The molecule has 6 heteroatoms. The highest BCUT2D eigenvalue weighted by atomic mass is 16.7. The van der Waals surface area contributed by atoms with Crippen molar-refractivity contribution >= 4 is 12.0 Å². The first-order valence-corrected chi connectivity index (χ1v) is 7.64. The molecule has 0 saturated carbocycles. The number of ether oxygens (including phenoxy) is 3. The van der Waals surface area contributed by atoms with Gasteiger partial charge in [-0.15, -0.1) is 0 Å². The summed E-state index contributed by atoms with van der Waals surface area (Å²) in [6.07, 6.45) is 4.89. The molecular formula is C18H19NO5. The van der Waals surface area contributed by atoms with E-state index >= 15 is 0 Å². The highest BCUT2D eigenvalue weighted by molar-refractivity contribution is 5.91. The van der Waals surface area contributed by atoms with Crippen molar-refractivity contribution in [2.45, 2.75) is 6.54 Å². The van der Waals surface area contributed by atoms with E-state index in [2.05, 4.69) is 0 Å². The van der Waals surface area contributed by atoms with Gasteiger partial charge in [0.05, 0.1) is 19.4 Å². The van der Waals surface area contributed by atoms with Gasteiger partial charge in [-0.2, -0.15) is 0 Å². The van der Waals surface area contributed by atoms with Gasteiger partial charge < -0.3 is 23.5 Å². The average molecular weight is 329 g/mol. The fourth-order valence-electron chi connectivity index (χ4n) is 2.35. The second-order valence-corrected chi connectivity index (χ2v) is 5.28. The monoisotopic (exact) mass is 329 g/mol. The molecule has 0 fully saturated rings. The van der Waals surface area contributed by atoms with Crippen LogP contribution in [0.3, 0.4) is 0 Å². The predicted octanol–water partition coefficient (Wildman–Crippen LogP) is 2.70. The lowest BCUT2D eigenvalue weighted by atomic mass is 10.2. The number of hydrogen-bond acceptors (Lipinski definition) is 5. The zero-order chi connectivity index (χ0) is 16.8. The topological polar surface area (TPSA) is 61.1 Å². The summed E-state index contributed by atoms with van der Waals surface area (Å²) in [6.45, 7) is 1.59. The van der Waals surface area contributed by atoms with Gasteiger partial charge in [0.25, 0.3) is 0 Å². The molecule has 0 saturated heterocycles. The second-order valence-electron chi connectivity index (χ2n) is 5.28. The number of benzene rings is 1. The minimum atomic E-state index is -0.110. The van der Waals surface area contributed by atoms with E-state index in [-0.39, 0.29) is 12.7 Å². The van der Waals surface area contributed by atoms with Gasteiger partial charge in [0, 0.05) is 19.7 Å². The lowest BCUT2D eigenvalue weighted by Crippen LogP contribution is -2.31. The molecule has 1 amide bonds. The average Bonchev–Trinajstić information content (AvgIpc) is 3.27. The van der Waals surface area contributed by atoms with Crippen LogP contribution in [0.5, 0.6) is 11.5 Å². The standard InChI is InChI=1S/C18H19NO5/c1-21-10-8-19(12-15-3-2-9-22-15)18(20)7-5-14-4-6-16-17(11-14)24-13-23-16/h2-7,9,11H,8,10,12-13H2,1H3/b7-5+. The summed E-state index contributed by atoms with van der Waals surface area (Å²) in [5, 5.41) is 0. The third-order valence-corrected chi connectivity index (χ3v) is 3.62. The van der Waals surface area contributed by atoms with Crippen molar-refractivity contribution in [3.05, 3.63) is 54.0 Å². The van der Waals surface area contributed by atoms with E-state index in [9.17, 15) is 4.79 Å². The summed E-state index contributed by atoms with van der Waals surface area (Å²) in [7, 11) is 1.61. The van der Waals surface area contributed by atoms with Crippen LogP contribution in [0.15, 0.2) is 47.1 Å². The normalized spacial score (nSPS) is 12.7. The summed E-state index contributed by atoms with van der Waals surface area (Å²) in [6, 6.07) is 9.20. The number of amides is 1. The quantitative estimate of drug-likeness (QED) is 0.731. The molecule has 0 N–H and O–H groups in total.